The first-order chi connectivity index (χ1) is 12.0. The van der Waals surface area contributed by atoms with Gasteiger partial charge in [-0.25, -0.2) is 0 Å². The number of anilines is 1. The van der Waals surface area contributed by atoms with Crippen LogP contribution in [0.1, 0.15) is 12.5 Å². The van der Waals surface area contributed by atoms with Crippen LogP contribution in [-0.4, -0.2) is 17.6 Å². The first kappa shape index (κ1) is 18.7. The molecule has 0 saturated carbocycles. The maximum Gasteiger partial charge on any atom is 0.266 e. The predicted octanol–water partition coefficient (Wildman–Crippen LogP) is 4.64. The van der Waals surface area contributed by atoms with E-state index in [2.05, 4.69) is 5.32 Å². The third-order valence-corrected chi connectivity index (χ3v) is 3.98. The van der Waals surface area contributed by atoms with Gasteiger partial charge in [0.1, 0.15) is 11.6 Å². The monoisotopic (exact) mass is 376 g/mol. The number of rotatable bonds is 5. The molecule has 0 aliphatic heterocycles. The summed E-state index contributed by atoms with van der Waals surface area (Å²) < 4.78 is 5.28. The number of benzene rings is 2. The Morgan fingerprint density at radius 3 is 2.80 bits per heavy atom. The smallest absolute Gasteiger partial charge is 0.266 e. The lowest BCUT2D eigenvalue weighted by atomic mass is 10.1. The number of phenolic OH excluding ortho intramolecular Hbond substituents is 1. The second kappa shape index (κ2) is 8.43. The van der Waals surface area contributed by atoms with E-state index in [0.717, 1.165) is 0 Å². The van der Waals surface area contributed by atoms with Gasteiger partial charge in [0.05, 0.1) is 22.3 Å². The lowest BCUT2D eigenvalue weighted by Crippen LogP contribution is -2.13. The Hall–Kier alpha value is -2.68. The molecule has 2 rings (SSSR count). The van der Waals surface area contributed by atoms with Gasteiger partial charge >= 0.3 is 0 Å². The lowest BCUT2D eigenvalue weighted by Gasteiger charge is -2.08. The fourth-order valence-corrected chi connectivity index (χ4v) is 2.34. The minimum Gasteiger partial charge on any atom is -0.504 e. The van der Waals surface area contributed by atoms with Crippen molar-refractivity contribution < 1.29 is 14.6 Å². The summed E-state index contributed by atoms with van der Waals surface area (Å²) in [7, 11) is 0. The molecular formula is C18H14Cl2N2O3. The van der Waals surface area contributed by atoms with Crippen molar-refractivity contribution >= 4 is 40.9 Å². The summed E-state index contributed by atoms with van der Waals surface area (Å²) in [6.45, 7) is 2.16. The number of amides is 1. The Bertz CT molecular complexity index is 873. The molecule has 0 fully saturated rings. The SMILES string of the molecule is CCOc1cc(/C=C(\C#N)C(=O)Nc2cccc(Cl)c2Cl)ccc1O. The van der Waals surface area contributed by atoms with Crippen LogP contribution in [-0.2, 0) is 4.79 Å². The summed E-state index contributed by atoms with van der Waals surface area (Å²) in [5.74, 6) is -0.378. The summed E-state index contributed by atoms with van der Waals surface area (Å²) in [6.07, 6.45) is 1.38. The van der Waals surface area contributed by atoms with Crippen LogP contribution in [0.3, 0.4) is 0 Å². The Labute approximate surface area is 155 Å². The molecule has 0 aliphatic rings. The van der Waals surface area contributed by atoms with Crippen molar-refractivity contribution in [3.8, 4) is 17.6 Å². The standard InChI is InChI=1S/C18H14Cl2N2O3/c1-2-25-16-9-11(6-7-15(16)23)8-12(10-21)18(24)22-14-5-3-4-13(19)17(14)20/h3-9,23H,2H2,1H3,(H,22,24)/b12-8+. The average molecular weight is 377 g/mol. The number of nitrogens with one attached hydrogen (secondary N) is 1. The summed E-state index contributed by atoms with van der Waals surface area (Å²) in [5, 5.41) is 22.0. The largest absolute Gasteiger partial charge is 0.504 e. The van der Waals surface area contributed by atoms with Gasteiger partial charge in [0, 0.05) is 0 Å². The number of phenols is 1. The van der Waals surface area contributed by atoms with Gasteiger partial charge in [-0.15, -0.1) is 0 Å². The van der Waals surface area contributed by atoms with Gasteiger partial charge in [0.25, 0.3) is 5.91 Å². The molecule has 0 spiro atoms. The van der Waals surface area contributed by atoms with E-state index in [9.17, 15) is 15.2 Å². The van der Waals surface area contributed by atoms with Crippen molar-refractivity contribution in [2.75, 3.05) is 11.9 Å². The van der Waals surface area contributed by atoms with E-state index in [1.54, 1.807) is 31.2 Å². The number of carbonyl (C=O) groups is 1. The number of ether oxygens (including phenoxy) is 1. The van der Waals surface area contributed by atoms with E-state index in [0.29, 0.717) is 22.9 Å². The molecular weight excluding hydrogens is 363 g/mol. The molecule has 1 amide bonds. The van der Waals surface area contributed by atoms with Crippen LogP contribution in [0.15, 0.2) is 42.0 Å². The Morgan fingerprint density at radius 2 is 2.12 bits per heavy atom. The van der Waals surface area contributed by atoms with Gasteiger partial charge in [-0.1, -0.05) is 35.3 Å². The molecule has 128 valence electrons. The van der Waals surface area contributed by atoms with Crippen molar-refractivity contribution in [1.29, 1.82) is 5.26 Å². The Morgan fingerprint density at radius 1 is 1.36 bits per heavy atom. The summed E-state index contributed by atoms with van der Waals surface area (Å²) in [6, 6.07) is 11.2. The van der Waals surface area contributed by atoms with E-state index in [1.807, 2.05) is 6.07 Å². The highest BCUT2D eigenvalue weighted by atomic mass is 35.5. The summed E-state index contributed by atoms with van der Waals surface area (Å²) in [4.78, 5) is 12.3. The number of aromatic hydroxyl groups is 1. The van der Waals surface area contributed by atoms with Crippen LogP contribution in [0, 0.1) is 11.3 Å². The minimum atomic E-state index is -0.627. The maximum absolute atomic E-state index is 12.3. The fourth-order valence-electron chi connectivity index (χ4n) is 2.00. The fraction of sp³-hybridized carbons (Fsp3) is 0.111. The summed E-state index contributed by atoms with van der Waals surface area (Å²) in [5.41, 5.74) is 0.704. The zero-order valence-corrected chi connectivity index (χ0v) is 14.7. The molecule has 0 aromatic heterocycles. The van der Waals surface area contributed by atoms with Crippen LogP contribution in [0.4, 0.5) is 5.69 Å². The highest BCUT2D eigenvalue weighted by Gasteiger charge is 2.13. The molecule has 0 unspecified atom stereocenters. The number of nitrogens with zero attached hydrogens (tertiary/aromatic N) is 1. The van der Waals surface area contributed by atoms with E-state index in [4.69, 9.17) is 27.9 Å². The van der Waals surface area contributed by atoms with Crippen molar-refractivity contribution in [3.63, 3.8) is 0 Å². The van der Waals surface area contributed by atoms with Crippen LogP contribution in [0.5, 0.6) is 11.5 Å². The molecule has 25 heavy (non-hydrogen) atoms. The Balaban J connectivity index is 2.28. The van der Waals surface area contributed by atoms with E-state index < -0.39 is 5.91 Å². The topological polar surface area (TPSA) is 82.3 Å². The molecule has 0 radical (unpaired) electrons. The van der Waals surface area contributed by atoms with Gasteiger partial charge in [0.2, 0.25) is 0 Å². The molecule has 2 aromatic carbocycles. The normalized spacial score (nSPS) is 10.9. The molecule has 7 heteroatoms. The highest BCUT2D eigenvalue weighted by Crippen LogP contribution is 2.30. The van der Waals surface area contributed by atoms with Crippen LogP contribution in [0.25, 0.3) is 6.08 Å². The molecule has 0 aliphatic carbocycles. The quantitative estimate of drug-likeness (QED) is 0.587. The first-order valence-corrected chi connectivity index (χ1v) is 8.04. The number of hydrogen-bond acceptors (Lipinski definition) is 4. The molecule has 0 bridgehead atoms. The minimum absolute atomic E-state index is 0.0207. The second-order valence-corrected chi connectivity index (χ2v) is 5.67. The lowest BCUT2D eigenvalue weighted by molar-refractivity contribution is -0.112. The summed E-state index contributed by atoms with van der Waals surface area (Å²) >= 11 is 11.9. The highest BCUT2D eigenvalue weighted by molar-refractivity contribution is 6.44. The van der Waals surface area contributed by atoms with E-state index in [-0.39, 0.29) is 22.1 Å². The number of hydrogen-bond donors (Lipinski definition) is 2. The first-order valence-electron chi connectivity index (χ1n) is 7.29. The number of halogens is 2. The van der Waals surface area contributed by atoms with Gasteiger partial charge in [-0.05, 0) is 42.8 Å². The second-order valence-electron chi connectivity index (χ2n) is 4.89. The molecule has 0 saturated heterocycles. The Kier molecular flexibility index (Phi) is 6.29. The van der Waals surface area contributed by atoms with Crippen molar-refractivity contribution in [2.24, 2.45) is 0 Å². The van der Waals surface area contributed by atoms with Crippen LogP contribution in [0.2, 0.25) is 10.0 Å². The molecule has 2 aromatic rings. The van der Waals surface area contributed by atoms with Crippen molar-refractivity contribution in [1.82, 2.24) is 0 Å². The zero-order valence-electron chi connectivity index (χ0n) is 13.2. The third kappa shape index (κ3) is 4.66. The molecule has 5 nitrogen and oxygen atoms in total. The molecule has 2 N–H and O–H groups in total. The average Bonchev–Trinajstić information content (AvgIpc) is 2.59. The van der Waals surface area contributed by atoms with Gasteiger partial charge < -0.3 is 15.2 Å². The van der Waals surface area contributed by atoms with Crippen LogP contribution >= 0.6 is 23.2 Å². The predicted molar refractivity (Wildman–Crippen MR) is 98.0 cm³/mol. The third-order valence-electron chi connectivity index (χ3n) is 3.16. The van der Waals surface area contributed by atoms with Gasteiger partial charge in [-0.2, -0.15) is 5.26 Å². The maximum atomic E-state index is 12.3. The van der Waals surface area contributed by atoms with Crippen molar-refractivity contribution in [2.45, 2.75) is 6.92 Å². The van der Waals surface area contributed by atoms with Gasteiger partial charge in [-0.3, -0.25) is 4.79 Å². The molecule has 0 atom stereocenters. The number of nitriles is 1. The van der Waals surface area contributed by atoms with E-state index in [1.165, 1.54) is 18.2 Å². The molecule has 0 heterocycles. The van der Waals surface area contributed by atoms with E-state index >= 15 is 0 Å². The zero-order chi connectivity index (χ0) is 18.4. The van der Waals surface area contributed by atoms with Crippen molar-refractivity contribution in [3.05, 3.63) is 57.6 Å². The van der Waals surface area contributed by atoms with Crippen LogP contribution < -0.4 is 10.1 Å². The number of carbonyl (C=O) groups excluding carboxylic acids is 1. The van der Waals surface area contributed by atoms with Gasteiger partial charge in [0.15, 0.2) is 11.5 Å².